The van der Waals surface area contributed by atoms with Gasteiger partial charge in [0.1, 0.15) is 23.7 Å². The number of hydrogen-bond acceptors (Lipinski definition) is 9. The molecule has 13 heteroatoms. The van der Waals surface area contributed by atoms with Crippen molar-refractivity contribution in [1.82, 2.24) is 4.90 Å². The maximum atomic E-state index is 12.8. The van der Waals surface area contributed by atoms with E-state index in [1.54, 1.807) is 41.2 Å². The lowest BCUT2D eigenvalue weighted by atomic mass is 10.0. The van der Waals surface area contributed by atoms with Crippen molar-refractivity contribution in [3.05, 3.63) is 75.7 Å². The molecule has 2 aliphatic heterocycles. The molecule has 2 N–H and O–H groups in total. The van der Waals surface area contributed by atoms with Gasteiger partial charge in [-0.25, -0.2) is 4.79 Å². The predicted molar refractivity (Wildman–Crippen MR) is 126 cm³/mol. The normalized spacial score (nSPS) is 18.8. The van der Waals surface area contributed by atoms with E-state index < -0.39 is 22.9 Å². The summed E-state index contributed by atoms with van der Waals surface area (Å²) < 4.78 is 12.4. The molecule has 0 unspecified atom stereocenters. The Labute approximate surface area is 209 Å². The molecule has 1 saturated heterocycles. The Kier molecular flexibility index (Phi) is 7.50. The summed E-state index contributed by atoms with van der Waals surface area (Å²) in [5.74, 6) is -1.79. The number of nitro benzene ring substituents is 1. The molecule has 1 amide bonds. The molecule has 2 atom stereocenters. The number of nitrogens with zero attached hydrogens (tertiary/aromatic N) is 3. The fraction of sp³-hybridized carbons (Fsp3) is 0.304. The van der Waals surface area contributed by atoms with Gasteiger partial charge in [-0.1, -0.05) is 0 Å². The summed E-state index contributed by atoms with van der Waals surface area (Å²) in [6, 6.07) is 9.10. The Morgan fingerprint density at radius 1 is 1.22 bits per heavy atom. The highest BCUT2D eigenvalue weighted by Crippen LogP contribution is 2.41. The van der Waals surface area contributed by atoms with Crippen LogP contribution in [0, 0.1) is 10.1 Å². The molecule has 3 heterocycles. The molecule has 1 fully saturated rings. The molecule has 1 aromatic carbocycles. The van der Waals surface area contributed by atoms with Gasteiger partial charge in [0.25, 0.3) is 18.3 Å². The summed E-state index contributed by atoms with van der Waals surface area (Å²) in [5.41, 5.74) is 1.78. The zero-order valence-corrected chi connectivity index (χ0v) is 20.0. The van der Waals surface area contributed by atoms with E-state index in [4.69, 9.17) is 9.47 Å². The highest BCUT2D eigenvalue weighted by Gasteiger charge is 2.53. The third kappa shape index (κ3) is 5.47. The summed E-state index contributed by atoms with van der Waals surface area (Å²) in [5, 5.41) is 23.1. The van der Waals surface area contributed by atoms with Crippen LogP contribution in [0.4, 0.5) is 11.4 Å². The van der Waals surface area contributed by atoms with E-state index in [9.17, 15) is 29.6 Å². The topological polar surface area (TPSA) is 152 Å². The molecular weight excluding hydrogens is 492 g/mol. The molecule has 0 saturated carbocycles. The van der Waals surface area contributed by atoms with Gasteiger partial charge in [0, 0.05) is 48.2 Å². The number of aromatic nitrogens is 1. The first-order valence-corrected chi connectivity index (χ1v) is 11.9. The average molecular weight is 516 g/mol. The first kappa shape index (κ1) is 25.1. The van der Waals surface area contributed by atoms with E-state index in [0.29, 0.717) is 17.0 Å². The number of nitrogens with one attached hydrogen (secondary N) is 1. The number of rotatable bonds is 10. The fourth-order valence-corrected chi connectivity index (χ4v) is 5.11. The van der Waals surface area contributed by atoms with Crippen molar-refractivity contribution in [2.45, 2.75) is 31.7 Å². The van der Waals surface area contributed by atoms with Gasteiger partial charge in [0.2, 0.25) is 0 Å². The van der Waals surface area contributed by atoms with Crippen molar-refractivity contribution >= 4 is 41.0 Å². The molecule has 0 aliphatic carbocycles. The Hall–Kier alpha value is -3.97. The fourth-order valence-electron chi connectivity index (χ4n) is 3.79. The zero-order valence-electron chi connectivity index (χ0n) is 19.2. The molecule has 4 rings (SSSR count). The number of esters is 1. The van der Waals surface area contributed by atoms with Crippen molar-refractivity contribution in [2.75, 3.05) is 17.7 Å². The molecule has 188 valence electrons. The van der Waals surface area contributed by atoms with Crippen LogP contribution in [0.25, 0.3) is 0 Å². The molecule has 0 radical (unpaired) electrons. The van der Waals surface area contributed by atoms with Crippen LogP contribution in [0.2, 0.25) is 0 Å². The molecule has 12 nitrogen and oxygen atoms in total. The van der Waals surface area contributed by atoms with Crippen LogP contribution in [0.3, 0.4) is 0 Å². The third-order valence-electron chi connectivity index (χ3n) is 5.57. The number of hydrogen-bond donors (Lipinski definition) is 2. The number of aliphatic carboxylic acids is 1. The van der Waals surface area contributed by atoms with E-state index in [1.807, 2.05) is 0 Å². The monoisotopic (exact) mass is 515 g/mol. The van der Waals surface area contributed by atoms with Gasteiger partial charge in [-0.2, -0.15) is 4.57 Å². The van der Waals surface area contributed by atoms with Crippen molar-refractivity contribution in [2.24, 2.45) is 0 Å². The van der Waals surface area contributed by atoms with Crippen LogP contribution in [-0.2, 0) is 37.2 Å². The quantitative estimate of drug-likeness (QED) is 0.157. The number of carbonyl (C=O) groups excluding carboxylic acids is 2. The van der Waals surface area contributed by atoms with Crippen LogP contribution < -0.4 is 9.88 Å². The number of β-lactam (4-membered cyclic amide) rings is 1. The summed E-state index contributed by atoms with van der Waals surface area (Å²) in [6.07, 6.45) is 3.54. The molecule has 0 spiro atoms. The average Bonchev–Trinajstić information content (AvgIpc) is 2.86. The van der Waals surface area contributed by atoms with Crippen molar-refractivity contribution in [3.8, 4) is 0 Å². The zero-order chi connectivity index (χ0) is 25.8. The third-order valence-corrected chi connectivity index (χ3v) is 6.91. The van der Waals surface area contributed by atoms with Gasteiger partial charge >= 0.3 is 11.9 Å². The maximum Gasteiger partial charge on any atom is 0.352 e. The number of nitro groups is 1. The second-order valence-electron chi connectivity index (χ2n) is 8.07. The number of thioether (sulfide) groups is 1. The molecule has 2 aliphatic rings. The number of amides is 1. The largest absolute Gasteiger partial charge is 0.477 e. The van der Waals surface area contributed by atoms with Gasteiger partial charge in [-0.15, -0.1) is 11.8 Å². The van der Waals surface area contributed by atoms with Crippen molar-refractivity contribution < 1.29 is 38.5 Å². The van der Waals surface area contributed by atoms with Gasteiger partial charge in [-0.3, -0.25) is 24.6 Å². The Morgan fingerprint density at radius 3 is 2.53 bits per heavy atom. The molecular formula is C23H23N4O8S+. The molecule has 0 bridgehead atoms. The number of pyridine rings is 1. The van der Waals surface area contributed by atoms with Crippen LogP contribution in [-0.4, -0.2) is 56.6 Å². The minimum Gasteiger partial charge on any atom is -0.477 e. The molecule has 2 aromatic rings. The highest BCUT2D eigenvalue weighted by atomic mass is 32.2. The lowest BCUT2D eigenvalue weighted by Gasteiger charge is -2.49. The van der Waals surface area contributed by atoms with E-state index in [0.717, 1.165) is 5.56 Å². The highest BCUT2D eigenvalue weighted by molar-refractivity contribution is 8.00. The van der Waals surface area contributed by atoms with Crippen LogP contribution in [0.15, 0.2) is 60.1 Å². The van der Waals surface area contributed by atoms with Crippen LogP contribution in [0.5, 0.6) is 0 Å². The second kappa shape index (κ2) is 10.7. The van der Waals surface area contributed by atoms with E-state index in [2.05, 4.69) is 5.32 Å². The maximum absolute atomic E-state index is 12.8. The van der Waals surface area contributed by atoms with Crippen LogP contribution >= 0.6 is 11.8 Å². The SMILES string of the molecule is CC(=O)OCC1=C(C(=O)O)N2C(=O)[C@@H](Nc3cc[n+](COCc4ccc([N+](=O)[O-])cc4)cc3)[C@H]2SC1. The number of carboxylic acid groups (broad SMARTS) is 1. The Bertz CT molecular complexity index is 1220. The van der Waals surface area contributed by atoms with E-state index >= 15 is 0 Å². The number of ether oxygens (including phenoxy) is 2. The summed E-state index contributed by atoms with van der Waals surface area (Å²) in [7, 11) is 0. The number of carboxylic acids is 1. The van der Waals surface area contributed by atoms with Crippen LogP contribution in [0.1, 0.15) is 12.5 Å². The van der Waals surface area contributed by atoms with Gasteiger partial charge < -0.3 is 19.9 Å². The van der Waals surface area contributed by atoms with Gasteiger partial charge in [0.05, 0.1) is 11.5 Å². The lowest BCUT2D eigenvalue weighted by molar-refractivity contribution is -0.733. The smallest absolute Gasteiger partial charge is 0.352 e. The summed E-state index contributed by atoms with van der Waals surface area (Å²) in [6.45, 7) is 1.62. The summed E-state index contributed by atoms with van der Waals surface area (Å²) >= 11 is 1.41. The van der Waals surface area contributed by atoms with Crippen molar-refractivity contribution in [3.63, 3.8) is 0 Å². The minimum atomic E-state index is -1.23. The molecule has 36 heavy (non-hydrogen) atoms. The number of non-ortho nitro benzene ring substituents is 1. The Morgan fingerprint density at radius 2 is 1.92 bits per heavy atom. The van der Waals surface area contributed by atoms with Gasteiger partial charge in [-0.05, 0) is 17.7 Å². The van der Waals surface area contributed by atoms with Crippen molar-refractivity contribution in [1.29, 1.82) is 0 Å². The van der Waals surface area contributed by atoms with Gasteiger partial charge in [0.15, 0.2) is 12.4 Å². The number of carbonyl (C=O) groups is 3. The Balaban J connectivity index is 1.31. The standard InChI is InChI=1S/C23H22N4O8S/c1-14(28)35-11-16-12-36-22-19(21(29)26(22)20(16)23(30)31)24-17-6-8-25(9-7-17)13-34-10-15-2-4-18(5-3-15)27(32)33/h2-9,19,22H,10-13H2,1H3,(H,30,31)/p+1/t19-,22-/m1/s1. The second-order valence-corrected chi connectivity index (χ2v) is 9.18. The minimum absolute atomic E-state index is 0.0218. The number of anilines is 1. The van der Waals surface area contributed by atoms with E-state index in [-0.39, 0.29) is 42.6 Å². The first-order chi connectivity index (χ1) is 17.2. The lowest BCUT2D eigenvalue weighted by Crippen LogP contribution is -2.67. The number of fused-ring (bicyclic) bond motifs is 1. The predicted octanol–water partition coefficient (Wildman–Crippen LogP) is 1.65. The number of benzene rings is 1. The summed E-state index contributed by atoms with van der Waals surface area (Å²) in [4.78, 5) is 47.2. The van der Waals surface area contributed by atoms with E-state index in [1.165, 1.54) is 35.7 Å². The first-order valence-electron chi connectivity index (χ1n) is 10.8. The molecule has 1 aromatic heterocycles.